The molecule has 0 aliphatic carbocycles. The number of terminal acetylenes is 1. The van der Waals surface area contributed by atoms with Crippen LogP contribution in [0.25, 0.3) is 0 Å². The van der Waals surface area contributed by atoms with Gasteiger partial charge in [-0.1, -0.05) is 0 Å². The van der Waals surface area contributed by atoms with Crippen LogP contribution in [-0.4, -0.2) is 16.1 Å². The Bertz CT molecular complexity index is 75.8. The van der Waals surface area contributed by atoms with E-state index in [0.717, 1.165) is 0 Å². The zero-order chi connectivity index (χ0) is 5.21. The summed E-state index contributed by atoms with van der Waals surface area (Å²) in [6.45, 7) is 0. The van der Waals surface area contributed by atoms with Crippen LogP contribution in [0.5, 0.6) is 0 Å². The summed E-state index contributed by atoms with van der Waals surface area (Å²) >= 11 is 0. The lowest BCUT2D eigenvalue weighted by Gasteiger charge is -2.02. The van der Waals surface area contributed by atoms with Gasteiger partial charge in [0.2, 0.25) is 0 Å². The summed E-state index contributed by atoms with van der Waals surface area (Å²) in [4.78, 5) is 0. The van der Waals surface area contributed by atoms with E-state index in [2.05, 4.69) is 12.2 Å². The molecule has 0 aliphatic rings. The summed E-state index contributed by atoms with van der Waals surface area (Å²) < 4.78 is 0. The summed E-state index contributed by atoms with van der Waals surface area (Å²) in [6.07, 6.45) is 4.43. The van der Waals surface area contributed by atoms with Crippen molar-refractivity contribution in [1.82, 2.24) is 0 Å². The van der Waals surface area contributed by atoms with Gasteiger partial charge in [-0.25, -0.2) is 0 Å². The Hall–Kier alpha value is -0.560. The largest absolute Gasteiger partial charge is 0.343 e. The average Bonchev–Trinajstić information content (AvgIpc) is 1.35. The lowest BCUT2D eigenvalue weighted by Crippen LogP contribution is -2.36. The van der Waals surface area contributed by atoms with Gasteiger partial charge in [0.15, 0.2) is 0 Å². The van der Waals surface area contributed by atoms with Crippen molar-refractivity contribution in [3.63, 3.8) is 0 Å². The van der Waals surface area contributed by atoms with Crippen LogP contribution in [0.1, 0.15) is 0 Å². The topological polar surface area (TPSA) is 66.5 Å². The molecule has 0 aromatic rings. The summed E-state index contributed by atoms with van der Waals surface area (Å²) in [6, 6.07) is 0. The average molecular weight is 87.1 g/mol. The molecule has 0 radical (unpaired) electrons. The van der Waals surface area contributed by atoms with Crippen LogP contribution in [0.3, 0.4) is 0 Å². The Morgan fingerprint density at radius 1 is 1.67 bits per heavy atom. The first-order valence-corrected chi connectivity index (χ1v) is 1.27. The zero-order valence-electron chi connectivity index (χ0n) is 3.05. The van der Waals surface area contributed by atoms with Crippen LogP contribution in [0.15, 0.2) is 0 Å². The van der Waals surface area contributed by atoms with Gasteiger partial charge in [-0.3, -0.25) is 5.73 Å². The van der Waals surface area contributed by atoms with Crippen molar-refractivity contribution in [2.75, 3.05) is 0 Å². The lowest BCUT2D eigenvalue weighted by molar-refractivity contribution is -0.102. The Morgan fingerprint density at radius 3 is 1.83 bits per heavy atom. The van der Waals surface area contributed by atoms with Crippen molar-refractivity contribution in [3.05, 3.63) is 0 Å². The fourth-order valence-electron chi connectivity index (χ4n) is 0. The minimum Gasteiger partial charge on any atom is -0.343 e. The highest BCUT2D eigenvalue weighted by molar-refractivity contribution is 4.94. The highest BCUT2D eigenvalue weighted by Gasteiger charge is 2.07. The molecule has 0 fully saturated rings. The first-order valence-electron chi connectivity index (χ1n) is 1.27. The lowest BCUT2D eigenvalue weighted by atomic mass is 10.5. The third-order valence-electron chi connectivity index (χ3n) is 0.212. The van der Waals surface area contributed by atoms with Gasteiger partial charge < -0.3 is 10.2 Å². The second-order valence-corrected chi connectivity index (χ2v) is 0.870. The summed E-state index contributed by atoms with van der Waals surface area (Å²) in [5, 5.41) is 15.8. The number of nitrogens with two attached hydrogens (primary N) is 1. The highest BCUT2D eigenvalue weighted by atomic mass is 16.5. The standard InChI is InChI=1S/C3H5NO2/c1-2-3(4,5)6/h1,5-6H,4H2. The Kier molecular flexibility index (Phi) is 1.15. The maximum absolute atomic E-state index is 7.92. The maximum atomic E-state index is 7.92. The van der Waals surface area contributed by atoms with Gasteiger partial charge in [-0.2, -0.15) is 0 Å². The third-order valence-corrected chi connectivity index (χ3v) is 0.212. The van der Waals surface area contributed by atoms with E-state index in [-0.39, 0.29) is 0 Å². The van der Waals surface area contributed by atoms with E-state index < -0.39 is 5.91 Å². The van der Waals surface area contributed by atoms with E-state index in [0.29, 0.717) is 0 Å². The second kappa shape index (κ2) is 1.27. The van der Waals surface area contributed by atoms with Crippen molar-refractivity contribution in [1.29, 1.82) is 0 Å². The minimum atomic E-state index is -2.43. The molecule has 0 saturated carbocycles. The molecule has 6 heavy (non-hydrogen) atoms. The fraction of sp³-hybridized carbons (Fsp3) is 0.333. The van der Waals surface area contributed by atoms with Crippen LogP contribution in [0.4, 0.5) is 0 Å². The molecule has 4 N–H and O–H groups in total. The molecule has 0 unspecified atom stereocenters. The smallest absolute Gasteiger partial charge is 0.288 e. The van der Waals surface area contributed by atoms with Crippen molar-refractivity contribution >= 4 is 0 Å². The molecule has 0 saturated heterocycles. The molecule has 0 atom stereocenters. The van der Waals surface area contributed by atoms with Crippen molar-refractivity contribution in [3.8, 4) is 12.3 Å². The van der Waals surface area contributed by atoms with E-state index in [1.165, 1.54) is 5.92 Å². The molecule has 0 spiro atoms. The zero-order valence-corrected chi connectivity index (χ0v) is 3.05. The van der Waals surface area contributed by atoms with Crippen molar-refractivity contribution < 1.29 is 10.2 Å². The predicted molar refractivity (Wildman–Crippen MR) is 20.2 cm³/mol. The SMILES string of the molecule is C#CC(N)(O)O. The summed E-state index contributed by atoms with van der Waals surface area (Å²) in [7, 11) is 0. The monoisotopic (exact) mass is 87.0 g/mol. The van der Waals surface area contributed by atoms with Gasteiger partial charge in [0, 0.05) is 0 Å². The molecule has 34 valence electrons. The van der Waals surface area contributed by atoms with Gasteiger partial charge in [-0.05, 0) is 5.92 Å². The van der Waals surface area contributed by atoms with Gasteiger partial charge in [0.1, 0.15) is 0 Å². The van der Waals surface area contributed by atoms with Crippen LogP contribution >= 0.6 is 0 Å². The van der Waals surface area contributed by atoms with Crippen LogP contribution in [0.2, 0.25) is 0 Å². The Labute approximate surface area is 35.4 Å². The van der Waals surface area contributed by atoms with E-state index in [4.69, 9.17) is 10.2 Å². The van der Waals surface area contributed by atoms with Crippen LogP contribution < -0.4 is 5.73 Å². The second-order valence-electron chi connectivity index (χ2n) is 0.870. The van der Waals surface area contributed by atoms with E-state index in [1.54, 1.807) is 0 Å². The molecule has 3 nitrogen and oxygen atoms in total. The molecule has 3 heteroatoms. The third kappa shape index (κ3) is 3.44. The van der Waals surface area contributed by atoms with Crippen molar-refractivity contribution in [2.45, 2.75) is 5.91 Å². The quantitative estimate of drug-likeness (QED) is 0.241. The molecular formula is C3H5NO2. The van der Waals surface area contributed by atoms with E-state index in [1.807, 2.05) is 0 Å². The molecule has 0 aliphatic heterocycles. The molecule has 0 aromatic carbocycles. The first kappa shape index (κ1) is 5.44. The Morgan fingerprint density at radius 2 is 1.83 bits per heavy atom. The van der Waals surface area contributed by atoms with E-state index in [9.17, 15) is 0 Å². The molecule has 0 bridgehead atoms. The van der Waals surface area contributed by atoms with Crippen LogP contribution in [-0.2, 0) is 0 Å². The first-order chi connectivity index (χ1) is 2.56. The molecule has 0 heterocycles. The summed E-state index contributed by atoms with van der Waals surface area (Å²) in [5.41, 5.74) is 4.41. The summed E-state index contributed by atoms with van der Waals surface area (Å²) in [5.74, 6) is -0.937. The maximum Gasteiger partial charge on any atom is 0.288 e. The van der Waals surface area contributed by atoms with Crippen molar-refractivity contribution in [2.24, 2.45) is 5.73 Å². The molecule has 0 aromatic heterocycles. The van der Waals surface area contributed by atoms with Gasteiger partial charge in [-0.15, -0.1) is 6.42 Å². The molecular weight excluding hydrogens is 82.0 g/mol. The predicted octanol–water partition coefficient (Wildman–Crippen LogP) is -1.78. The molecule has 0 amide bonds. The van der Waals surface area contributed by atoms with E-state index >= 15 is 0 Å². The minimum absolute atomic E-state index is 1.49. The van der Waals surface area contributed by atoms with Crippen LogP contribution in [0, 0.1) is 12.3 Å². The van der Waals surface area contributed by atoms with Gasteiger partial charge in [0.05, 0.1) is 0 Å². The fourth-order valence-corrected chi connectivity index (χ4v) is 0. The number of hydrogen-bond acceptors (Lipinski definition) is 3. The normalized spacial score (nSPS) is 10.3. The molecule has 0 rings (SSSR count). The highest BCUT2D eigenvalue weighted by Crippen LogP contribution is 1.77. The number of hydrogen-bond donors (Lipinski definition) is 3. The van der Waals surface area contributed by atoms with Gasteiger partial charge in [0.25, 0.3) is 5.91 Å². The number of rotatable bonds is 0. The number of aliphatic hydroxyl groups is 2. The Balaban J connectivity index is 3.55. The van der Waals surface area contributed by atoms with Gasteiger partial charge >= 0.3 is 0 Å².